The lowest BCUT2D eigenvalue weighted by Crippen LogP contribution is -2.34. The quantitative estimate of drug-likeness (QED) is 0.497. The number of benzene rings is 1. The summed E-state index contributed by atoms with van der Waals surface area (Å²) in [6.45, 7) is 3.63. The van der Waals surface area contributed by atoms with Crippen LogP contribution in [0.3, 0.4) is 0 Å². The van der Waals surface area contributed by atoms with Crippen LogP contribution in [0.25, 0.3) is 0 Å². The maximum atomic E-state index is 11.4. The third-order valence-electron chi connectivity index (χ3n) is 2.15. The number of amides is 2. The summed E-state index contributed by atoms with van der Waals surface area (Å²) in [5.74, 6) is -0.856. The maximum absolute atomic E-state index is 11.4. The molecule has 0 aromatic heterocycles. The van der Waals surface area contributed by atoms with Crippen LogP contribution in [0, 0.1) is 0 Å². The molecule has 108 valence electrons. The van der Waals surface area contributed by atoms with Gasteiger partial charge in [0.25, 0.3) is 0 Å². The Morgan fingerprint density at radius 2 is 2.00 bits per heavy atom. The average Bonchev–Trinajstić information content (AvgIpc) is 2.33. The zero-order chi connectivity index (χ0) is 15.1. The zero-order valence-electron chi connectivity index (χ0n) is 11.1. The Morgan fingerprint density at radius 1 is 1.30 bits per heavy atom. The van der Waals surface area contributed by atoms with Crippen molar-refractivity contribution in [3.63, 3.8) is 0 Å². The molecule has 5 nitrogen and oxygen atoms in total. The van der Waals surface area contributed by atoms with Crippen molar-refractivity contribution in [1.82, 2.24) is 10.7 Å². The van der Waals surface area contributed by atoms with Gasteiger partial charge in [0.05, 0.1) is 16.3 Å². The fourth-order valence-electron chi connectivity index (χ4n) is 1.35. The van der Waals surface area contributed by atoms with E-state index < -0.39 is 5.91 Å². The first-order valence-electron chi connectivity index (χ1n) is 5.95. The van der Waals surface area contributed by atoms with Crippen molar-refractivity contribution >= 4 is 41.2 Å². The molecule has 0 aliphatic carbocycles. The monoisotopic (exact) mass is 315 g/mol. The third kappa shape index (κ3) is 5.59. The molecule has 0 atom stereocenters. The van der Waals surface area contributed by atoms with Gasteiger partial charge in [-0.1, -0.05) is 35.3 Å². The van der Waals surface area contributed by atoms with E-state index in [-0.39, 0.29) is 18.4 Å². The Morgan fingerprint density at radius 3 is 2.65 bits per heavy atom. The summed E-state index contributed by atoms with van der Waals surface area (Å²) < 4.78 is 0. The minimum atomic E-state index is -0.502. The van der Waals surface area contributed by atoms with Crippen molar-refractivity contribution in [3.05, 3.63) is 33.8 Å². The van der Waals surface area contributed by atoms with Crippen molar-refractivity contribution in [2.75, 3.05) is 0 Å². The lowest BCUT2D eigenvalue weighted by Gasteiger charge is -2.06. The Hall–Kier alpha value is -1.59. The maximum Gasteiger partial charge on any atom is 0.249 e. The van der Waals surface area contributed by atoms with Crippen LogP contribution in [0.5, 0.6) is 0 Å². The number of hydrogen-bond donors (Lipinski definition) is 2. The number of rotatable bonds is 5. The summed E-state index contributed by atoms with van der Waals surface area (Å²) in [4.78, 5) is 22.8. The van der Waals surface area contributed by atoms with Crippen LogP contribution in [-0.4, -0.2) is 24.1 Å². The number of hydrogen-bond acceptors (Lipinski definition) is 3. The summed E-state index contributed by atoms with van der Waals surface area (Å²) in [6.07, 6.45) is 1.09. The van der Waals surface area contributed by atoms with Crippen molar-refractivity contribution in [2.24, 2.45) is 5.10 Å². The lowest BCUT2D eigenvalue weighted by atomic mass is 10.2. The molecular weight excluding hydrogens is 301 g/mol. The van der Waals surface area contributed by atoms with E-state index in [4.69, 9.17) is 23.2 Å². The summed E-state index contributed by atoms with van der Waals surface area (Å²) in [5, 5.41) is 7.09. The summed E-state index contributed by atoms with van der Waals surface area (Å²) in [5.41, 5.74) is 2.83. The van der Waals surface area contributed by atoms with E-state index in [0.717, 1.165) is 0 Å². The molecular formula is C13H15Cl2N3O2. The number of carbonyl (C=O) groups is 2. The molecule has 0 aliphatic heterocycles. The first kappa shape index (κ1) is 16.5. The highest BCUT2D eigenvalue weighted by Crippen LogP contribution is 2.23. The molecule has 0 fully saturated rings. The molecule has 0 unspecified atom stereocenters. The van der Waals surface area contributed by atoms with Crippen molar-refractivity contribution in [3.8, 4) is 0 Å². The van der Waals surface area contributed by atoms with Crippen LogP contribution in [0.15, 0.2) is 23.3 Å². The smallest absolute Gasteiger partial charge is 0.249 e. The molecule has 1 aromatic rings. The molecule has 0 saturated carbocycles. The second-order valence-electron chi connectivity index (χ2n) is 4.34. The van der Waals surface area contributed by atoms with Gasteiger partial charge in [-0.3, -0.25) is 9.59 Å². The summed E-state index contributed by atoms with van der Waals surface area (Å²) in [7, 11) is 0. The molecule has 0 aliphatic rings. The van der Waals surface area contributed by atoms with E-state index in [0.29, 0.717) is 15.6 Å². The molecule has 1 aromatic carbocycles. The van der Waals surface area contributed by atoms with Gasteiger partial charge in [0.2, 0.25) is 11.8 Å². The van der Waals surface area contributed by atoms with E-state index in [1.165, 1.54) is 6.21 Å². The number of nitrogens with zero attached hydrogens (tertiary/aromatic N) is 1. The van der Waals surface area contributed by atoms with Gasteiger partial charge in [-0.15, -0.1) is 0 Å². The lowest BCUT2D eigenvalue weighted by molar-refractivity contribution is -0.129. The Kier molecular flexibility index (Phi) is 6.48. The Balaban J connectivity index is 2.50. The van der Waals surface area contributed by atoms with Gasteiger partial charge in [0.1, 0.15) is 6.42 Å². The molecule has 0 spiro atoms. The van der Waals surface area contributed by atoms with Crippen LogP contribution >= 0.6 is 23.2 Å². The fraction of sp³-hybridized carbons (Fsp3) is 0.308. The highest BCUT2D eigenvalue weighted by atomic mass is 35.5. The number of hydrazone groups is 1. The van der Waals surface area contributed by atoms with Crippen LogP contribution in [0.1, 0.15) is 25.8 Å². The highest BCUT2D eigenvalue weighted by molar-refractivity contribution is 6.43. The summed E-state index contributed by atoms with van der Waals surface area (Å²) >= 11 is 11.8. The second kappa shape index (κ2) is 7.87. The van der Waals surface area contributed by atoms with Crippen molar-refractivity contribution in [1.29, 1.82) is 0 Å². The Bertz CT molecular complexity index is 530. The number of carbonyl (C=O) groups excluding carboxylic acids is 2. The first-order valence-corrected chi connectivity index (χ1v) is 6.71. The van der Waals surface area contributed by atoms with Crippen molar-refractivity contribution in [2.45, 2.75) is 26.3 Å². The SMILES string of the molecule is CC(C)NC(=O)CC(=O)N/N=C/c1cccc(Cl)c1Cl. The highest BCUT2D eigenvalue weighted by Gasteiger charge is 2.09. The van der Waals surface area contributed by atoms with Crippen LogP contribution in [0.2, 0.25) is 10.0 Å². The van der Waals surface area contributed by atoms with Gasteiger partial charge in [0, 0.05) is 11.6 Å². The fourth-order valence-corrected chi connectivity index (χ4v) is 1.71. The largest absolute Gasteiger partial charge is 0.353 e. The second-order valence-corrected chi connectivity index (χ2v) is 5.12. The van der Waals surface area contributed by atoms with Crippen LogP contribution in [-0.2, 0) is 9.59 Å². The average molecular weight is 316 g/mol. The van der Waals surface area contributed by atoms with Gasteiger partial charge in [-0.2, -0.15) is 5.10 Å². The molecule has 2 amide bonds. The van der Waals surface area contributed by atoms with E-state index in [1.54, 1.807) is 18.2 Å². The topological polar surface area (TPSA) is 70.6 Å². The number of halogens is 2. The molecule has 0 saturated heterocycles. The molecule has 0 bridgehead atoms. The zero-order valence-corrected chi connectivity index (χ0v) is 12.6. The van der Waals surface area contributed by atoms with Crippen LogP contribution in [0.4, 0.5) is 0 Å². The first-order chi connectivity index (χ1) is 9.40. The molecule has 7 heteroatoms. The summed E-state index contributed by atoms with van der Waals surface area (Å²) in [6, 6.07) is 5.06. The predicted molar refractivity (Wildman–Crippen MR) is 80.1 cm³/mol. The number of nitrogens with one attached hydrogen (secondary N) is 2. The minimum Gasteiger partial charge on any atom is -0.353 e. The molecule has 20 heavy (non-hydrogen) atoms. The van der Waals surface area contributed by atoms with E-state index >= 15 is 0 Å². The molecule has 0 radical (unpaired) electrons. The van der Waals surface area contributed by atoms with E-state index in [2.05, 4.69) is 15.8 Å². The van der Waals surface area contributed by atoms with Gasteiger partial charge in [-0.25, -0.2) is 5.43 Å². The van der Waals surface area contributed by atoms with E-state index in [1.807, 2.05) is 13.8 Å². The standard InChI is InChI=1S/C13H15Cl2N3O2/c1-8(2)17-11(19)6-12(20)18-16-7-9-4-3-5-10(14)13(9)15/h3-5,7-8H,6H2,1-2H3,(H,17,19)(H,18,20)/b16-7+. The minimum absolute atomic E-state index is 0.0101. The molecule has 1 rings (SSSR count). The van der Waals surface area contributed by atoms with Gasteiger partial charge < -0.3 is 5.32 Å². The van der Waals surface area contributed by atoms with E-state index in [9.17, 15) is 9.59 Å². The molecule has 0 heterocycles. The normalized spacial score (nSPS) is 10.8. The van der Waals surface area contributed by atoms with Gasteiger partial charge in [-0.05, 0) is 19.9 Å². The van der Waals surface area contributed by atoms with Gasteiger partial charge >= 0.3 is 0 Å². The molecule has 2 N–H and O–H groups in total. The predicted octanol–water partition coefficient (Wildman–Crippen LogP) is 2.36. The third-order valence-corrected chi connectivity index (χ3v) is 2.98. The van der Waals surface area contributed by atoms with Crippen molar-refractivity contribution < 1.29 is 9.59 Å². The van der Waals surface area contributed by atoms with Gasteiger partial charge in [0.15, 0.2) is 0 Å². The van der Waals surface area contributed by atoms with Crippen LogP contribution < -0.4 is 10.7 Å². The Labute approximate surface area is 127 Å².